The van der Waals surface area contributed by atoms with Gasteiger partial charge in [-0.2, -0.15) is 0 Å². The van der Waals surface area contributed by atoms with Crippen LogP contribution in [0.5, 0.6) is 11.5 Å². The van der Waals surface area contributed by atoms with Crippen LogP contribution < -0.4 is 15.2 Å². The zero-order valence-corrected chi connectivity index (χ0v) is 9.06. The predicted molar refractivity (Wildman–Crippen MR) is 58.2 cm³/mol. The van der Waals surface area contributed by atoms with Crippen LogP contribution in [-0.4, -0.2) is 25.4 Å². The third-order valence-electron chi connectivity index (χ3n) is 2.10. The molecule has 0 aromatic heterocycles. The SMILES string of the molecule is CCOc1cc(OC)ccc1C(O)CN. The van der Waals surface area contributed by atoms with Gasteiger partial charge in [0, 0.05) is 18.2 Å². The van der Waals surface area contributed by atoms with Crippen LogP contribution in [0.4, 0.5) is 0 Å². The van der Waals surface area contributed by atoms with Gasteiger partial charge in [0.15, 0.2) is 0 Å². The first-order valence-electron chi connectivity index (χ1n) is 4.91. The lowest BCUT2D eigenvalue weighted by atomic mass is 10.1. The molecule has 0 saturated carbocycles. The van der Waals surface area contributed by atoms with Gasteiger partial charge >= 0.3 is 0 Å². The summed E-state index contributed by atoms with van der Waals surface area (Å²) in [7, 11) is 1.59. The summed E-state index contributed by atoms with van der Waals surface area (Å²) in [6.07, 6.45) is -0.697. The van der Waals surface area contributed by atoms with Crippen molar-refractivity contribution in [1.29, 1.82) is 0 Å². The molecule has 0 aliphatic rings. The fourth-order valence-corrected chi connectivity index (χ4v) is 1.32. The number of aliphatic hydroxyl groups is 1. The number of ether oxygens (including phenoxy) is 2. The van der Waals surface area contributed by atoms with Crippen molar-refractivity contribution >= 4 is 0 Å². The Bertz CT molecular complexity index is 315. The van der Waals surface area contributed by atoms with E-state index >= 15 is 0 Å². The molecule has 1 aromatic rings. The van der Waals surface area contributed by atoms with Crippen LogP contribution >= 0.6 is 0 Å². The molecule has 0 aliphatic heterocycles. The summed E-state index contributed by atoms with van der Waals surface area (Å²) >= 11 is 0. The van der Waals surface area contributed by atoms with Gasteiger partial charge in [-0.25, -0.2) is 0 Å². The maximum Gasteiger partial charge on any atom is 0.128 e. The molecule has 0 saturated heterocycles. The van der Waals surface area contributed by atoms with Crippen LogP contribution in [0, 0.1) is 0 Å². The molecular weight excluding hydrogens is 194 g/mol. The highest BCUT2D eigenvalue weighted by atomic mass is 16.5. The topological polar surface area (TPSA) is 64.7 Å². The first-order chi connectivity index (χ1) is 7.22. The fourth-order valence-electron chi connectivity index (χ4n) is 1.32. The number of aliphatic hydroxyl groups excluding tert-OH is 1. The van der Waals surface area contributed by atoms with Crippen molar-refractivity contribution in [3.05, 3.63) is 23.8 Å². The molecule has 1 aromatic carbocycles. The Morgan fingerprint density at radius 1 is 1.47 bits per heavy atom. The molecule has 0 radical (unpaired) electrons. The van der Waals surface area contributed by atoms with E-state index in [9.17, 15) is 5.11 Å². The molecule has 1 atom stereocenters. The molecule has 0 heterocycles. The number of benzene rings is 1. The molecule has 0 amide bonds. The monoisotopic (exact) mass is 211 g/mol. The minimum Gasteiger partial charge on any atom is -0.497 e. The molecule has 84 valence electrons. The smallest absolute Gasteiger partial charge is 0.128 e. The number of hydrogen-bond acceptors (Lipinski definition) is 4. The second-order valence-corrected chi connectivity index (χ2v) is 3.09. The minimum atomic E-state index is -0.697. The molecule has 4 nitrogen and oxygen atoms in total. The Morgan fingerprint density at radius 2 is 2.20 bits per heavy atom. The van der Waals surface area contributed by atoms with Crippen molar-refractivity contribution in [3.63, 3.8) is 0 Å². The van der Waals surface area contributed by atoms with E-state index in [2.05, 4.69) is 0 Å². The molecule has 3 N–H and O–H groups in total. The highest BCUT2D eigenvalue weighted by Gasteiger charge is 2.12. The summed E-state index contributed by atoms with van der Waals surface area (Å²) < 4.78 is 10.5. The Kier molecular flexibility index (Phi) is 4.39. The van der Waals surface area contributed by atoms with Crippen molar-refractivity contribution in [2.45, 2.75) is 13.0 Å². The van der Waals surface area contributed by atoms with Gasteiger partial charge in [-0.3, -0.25) is 0 Å². The first-order valence-corrected chi connectivity index (χ1v) is 4.91. The van der Waals surface area contributed by atoms with Crippen LogP contribution in [0.25, 0.3) is 0 Å². The maximum absolute atomic E-state index is 9.65. The van der Waals surface area contributed by atoms with Crippen molar-refractivity contribution in [3.8, 4) is 11.5 Å². The zero-order chi connectivity index (χ0) is 11.3. The summed E-state index contributed by atoms with van der Waals surface area (Å²) in [5, 5.41) is 9.65. The molecule has 4 heteroatoms. The van der Waals surface area contributed by atoms with E-state index in [1.807, 2.05) is 6.92 Å². The molecule has 1 rings (SSSR count). The van der Waals surface area contributed by atoms with E-state index < -0.39 is 6.10 Å². The Morgan fingerprint density at radius 3 is 2.73 bits per heavy atom. The van der Waals surface area contributed by atoms with Gasteiger partial charge in [0.05, 0.1) is 19.8 Å². The van der Waals surface area contributed by atoms with Crippen LogP contribution in [-0.2, 0) is 0 Å². The largest absolute Gasteiger partial charge is 0.497 e. The molecular formula is C11H17NO3. The van der Waals surface area contributed by atoms with Gasteiger partial charge in [-0.05, 0) is 19.1 Å². The molecule has 15 heavy (non-hydrogen) atoms. The zero-order valence-electron chi connectivity index (χ0n) is 9.06. The third-order valence-corrected chi connectivity index (χ3v) is 2.10. The van der Waals surface area contributed by atoms with Crippen LogP contribution in [0.15, 0.2) is 18.2 Å². The van der Waals surface area contributed by atoms with Gasteiger partial charge in [0.25, 0.3) is 0 Å². The van der Waals surface area contributed by atoms with Crippen molar-refractivity contribution in [1.82, 2.24) is 0 Å². The molecule has 0 spiro atoms. The summed E-state index contributed by atoms with van der Waals surface area (Å²) in [5.41, 5.74) is 6.10. The van der Waals surface area contributed by atoms with Crippen molar-refractivity contribution < 1.29 is 14.6 Å². The Hall–Kier alpha value is -1.26. The van der Waals surface area contributed by atoms with Crippen molar-refractivity contribution in [2.24, 2.45) is 5.73 Å². The second-order valence-electron chi connectivity index (χ2n) is 3.09. The molecule has 1 unspecified atom stereocenters. The van der Waals surface area contributed by atoms with E-state index in [-0.39, 0.29) is 6.54 Å². The van der Waals surface area contributed by atoms with Gasteiger partial charge in [0.1, 0.15) is 11.5 Å². The predicted octanol–water partition coefficient (Wildman–Crippen LogP) is 1.09. The molecule has 0 aliphatic carbocycles. The van der Waals surface area contributed by atoms with Crippen molar-refractivity contribution in [2.75, 3.05) is 20.3 Å². The van der Waals surface area contributed by atoms with Gasteiger partial charge in [0.2, 0.25) is 0 Å². The summed E-state index contributed by atoms with van der Waals surface area (Å²) in [4.78, 5) is 0. The summed E-state index contributed by atoms with van der Waals surface area (Å²) in [6.45, 7) is 2.60. The first kappa shape index (κ1) is 11.8. The van der Waals surface area contributed by atoms with E-state index in [0.717, 1.165) is 0 Å². The highest BCUT2D eigenvalue weighted by Crippen LogP contribution is 2.29. The second kappa shape index (κ2) is 5.58. The maximum atomic E-state index is 9.65. The number of methoxy groups -OCH3 is 1. The molecule has 0 bridgehead atoms. The number of hydrogen-bond donors (Lipinski definition) is 2. The average Bonchev–Trinajstić information content (AvgIpc) is 2.28. The Balaban J connectivity index is 3.03. The van der Waals surface area contributed by atoms with E-state index in [1.165, 1.54) is 0 Å². The van der Waals surface area contributed by atoms with Crippen LogP contribution in [0.2, 0.25) is 0 Å². The lowest BCUT2D eigenvalue weighted by Gasteiger charge is -2.15. The minimum absolute atomic E-state index is 0.173. The quantitative estimate of drug-likeness (QED) is 0.765. The summed E-state index contributed by atoms with van der Waals surface area (Å²) in [6, 6.07) is 5.29. The summed E-state index contributed by atoms with van der Waals surface area (Å²) in [5.74, 6) is 1.32. The lowest BCUT2D eigenvalue weighted by Crippen LogP contribution is -2.13. The highest BCUT2D eigenvalue weighted by molar-refractivity contribution is 5.42. The van der Waals surface area contributed by atoms with Gasteiger partial charge in [-0.15, -0.1) is 0 Å². The average molecular weight is 211 g/mol. The van der Waals surface area contributed by atoms with E-state index in [4.69, 9.17) is 15.2 Å². The standard InChI is InChI=1S/C11H17NO3/c1-3-15-11-6-8(14-2)4-5-9(11)10(13)7-12/h4-6,10,13H,3,7,12H2,1-2H3. The normalized spacial score (nSPS) is 12.3. The van der Waals surface area contributed by atoms with Gasteiger partial charge < -0.3 is 20.3 Å². The molecule has 0 fully saturated rings. The van der Waals surface area contributed by atoms with E-state index in [0.29, 0.717) is 23.7 Å². The van der Waals surface area contributed by atoms with Crippen LogP contribution in [0.3, 0.4) is 0 Å². The number of rotatable bonds is 5. The number of nitrogens with two attached hydrogens (primary N) is 1. The lowest BCUT2D eigenvalue weighted by molar-refractivity contribution is 0.180. The van der Waals surface area contributed by atoms with Gasteiger partial charge in [-0.1, -0.05) is 0 Å². The Labute approximate surface area is 89.6 Å². The fraction of sp³-hybridized carbons (Fsp3) is 0.455. The van der Waals surface area contributed by atoms with Crippen LogP contribution in [0.1, 0.15) is 18.6 Å². The third kappa shape index (κ3) is 2.84. The van der Waals surface area contributed by atoms with E-state index in [1.54, 1.807) is 25.3 Å².